The first kappa shape index (κ1) is 13.7. The summed E-state index contributed by atoms with van der Waals surface area (Å²) in [5.74, 6) is -0.214. The van der Waals surface area contributed by atoms with Crippen LogP contribution in [0.1, 0.15) is 24.1 Å². The Balaban J connectivity index is 2.06. The van der Waals surface area contributed by atoms with Crippen LogP contribution in [-0.2, 0) is 0 Å². The summed E-state index contributed by atoms with van der Waals surface area (Å²) in [6.07, 6.45) is 1.79. The fourth-order valence-electron chi connectivity index (χ4n) is 2.58. The average molecular weight is 280 g/mol. The molecule has 106 valence electrons. The van der Waals surface area contributed by atoms with Crippen molar-refractivity contribution in [1.29, 1.82) is 0 Å². The lowest BCUT2D eigenvalue weighted by atomic mass is 9.97. The van der Waals surface area contributed by atoms with Crippen LogP contribution < -0.4 is 5.32 Å². The first-order valence-electron chi connectivity index (χ1n) is 7.11. The molecule has 0 radical (unpaired) electrons. The van der Waals surface area contributed by atoms with E-state index in [4.69, 9.17) is 0 Å². The van der Waals surface area contributed by atoms with Gasteiger partial charge < -0.3 is 5.32 Å². The van der Waals surface area contributed by atoms with E-state index in [1.165, 1.54) is 6.07 Å². The third-order valence-corrected chi connectivity index (χ3v) is 3.55. The lowest BCUT2D eigenvalue weighted by Gasteiger charge is -2.19. The zero-order valence-corrected chi connectivity index (χ0v) is 11.9. The zero-order chi connectivity index (χ0) is 14.7. The molecule has 2 aromatic carbocycles. The van der Waals surface area contributed by atoms with Gasteiger partial charge in [0.05, 0.1) is 11.6 Å². The van der Waals surface area contributed by atoms with Gasteiger partial charge in [-0.1, -0.05) is 37.3 Å². The summed E-state index contributed by atoms with van der Waals surface area (Å²) in [4.78, 5) is 4.39. The van der Waals surface area contributed by atoms with E-state index in [0.717, 1.165) is 28.6 Å². The monoisotopic (exact) mass is 280 g/mol. The van der Waals surface area contributed by atoms with Crippen molar-refractivity contribution in [2.75, 3.05) is 6.54 Å². The Bertz CT molecular complexity index is 755. The molecule has 0 saturated carbocycles. The van der Waals surface area contributed by atoms with E-state index in [2.05, 4.69) is 28.5 Å². The van der Waals surface area contributed by atoms with Crippen molar-refractivity contribution in [2.24, 2.45) is 0 Å². The van der Waals surface area contributed by atoms with Gasteiger partial charge >= 0.3 is 0 Å². The van der Waals surface area contributed by atoms with E-state index in [1.807, 2.05) is 25.1 Å². The molecule has 0 aliphatic carbocycles. The molecule has 1 aromatic heterocycles. The normalized spacial score (nSPS) is 12.5. The van der Waals surface area contributed by atoms with E-state index in [0.29, 0.717) is 0 Å². The molecule has 2 nitrogen and oxygen atoms in total. The van der Waals surface area contributed by atoms with Crippen molar-refractivity contribution in [3.8, 4) is 0 Å². The second kappa shape index (κ2) is 6.02. The van der Waals surface area contributed by atoms with Gasteiger partial charge in [-0.2, -0.15) is 0 Å². The van der Waals surface area contributed by atoms with Crippen molar-refractivity contribution >= 4 is 10.9 Å². The second-order valence-corrected chi connectivity index (χ2v) is 5.00. The summed E-state index contributed by atoms with van der Waals surface area (Å²) in [7, 11) is 0. The molecule has 0 amide bonds. The molecule has 1 atom stereocenters. The topological polar surface area (TPSA) is 24.9 Å². The van der Waals surface area contributed by atoms with Crippen LogP contribution in [0.4, 0.5) is 4.39 Å². The van der Waals surface area contributed by atoms with Gasteiger partial charge in [-0.25, -0.2) is 4.39 Å². The number of fused-ring (bicyclic) bond motifs is 1. The number of benzene rings is 2. The lowest BCUT2D eigenvalue weighted by molar-refractivity contribution is 0.603. The molecule has 21 heavy (non-hydrogen) atoms. The third kappa shape index (κ3) is 2.93. The maximum atomic E-state index is 13.5. The van der Waals surface area contributed by atoms with E-state index in [9.17, 15) is 4.39 Å². The van der Waals surface area contributed by atoms with Gasteiger partial charge in [0.25, 0.3) is 0 Å². The van der Waals surface area contributed by atoms with Crippen molar-refractivity contribution < 1.29 is 4.39 Å². The number of rotatable bonds is 4. The van der Waals surface area contributed by atoms with Crippen molar-refractivity contribution in [3.63, 3.8) is 0 Å². The number of halogens is 1. The Morgan fingerprint density at radius 3 is 2.71 bits per heavy atom. The summed E-state index contributed by atoms with van der Waals surface area (Å²) in [6.45, 7) is 2.85. The van der Waals surface area contributed by atoms with Crippen LogP contribution in [0.25, 0.3) is 10.9 Å². The van der Waals surface area contributed by atoms with Crippen molar-refractivity contribution in [3.05, 3.63) is 77.7 Å². The van der Waals surface area contributed by atoms with Crippen molar-refractivity contribution in [1.82, 2.24) is 10.3 Å². The van der Waals surface area contributed by atoms with Crippen LogP contribution >= 0.6 is 0 Å². The number of aromatic nitrogens is 1. The molecular formula is C18H17FN2. The molecule has 1 unspecified atom stereocenters. The molecule has 1 N–H and O–H groups in total. The quantitative estimate of drug-likeness (QED) is 0.779. The molecule has 0 spiro atoms. The van der Waals surface area contributed by atoms with E-state index in [1.54, 1.807) is 18.3 Å². The van der Waals surface area contributed by atoms with Gasteiger partial charge in [-0.05, 0) is 41.9 Å². The minimum absolute atomic E-state index is 0.0305. The predicted molar refractivity (Wildman–Crippen MR) is 83.7 cm³/mol. The van der Waals surface area contributed by atoms with Gasteiger partial charge in [-0.3, -0.25) is 4.98 Å². The fraction of sp³-hybridized carbons (Fsp3) is 0.167. The first-order valence-corrected chi connectivity index (χ1v) is 7.11. The maximum absolute atomic E-state index is 13.5. The number of pyridine rings is 1. The minimum Gasteiger partial charge on any atom is -0.307 e. The Morgan fingerprint density at radius 2 is 1.90 bits per heavy atom. The molecule has 3 aromatic rings. The van der Waals surface area contributed by atoms with E-state index < -0.39 is 0 Å². The van der Waals surface area contributed by atoms with Gasteiger partial charge in [0, 0.05) is 11.6 Å². The van der Waals surface area contributed by atoms with Crippen LogP contribution in [0, 0.1) is 5.82 Å². The third-order valence-electron chi connectivity index (χ3n) is 3.55. The molecule has 0 bridgehead atoms. The summed E-state index contributed by atoms with van der Waals surface area (Å²) < 4.78 is 13.5. The summed E-state index contributed by atoms with van der Waals surface area (Å²) in [5, 5.41) is 4.52. The van der Waals surface area contributed by atoms with Crippen LogP contribution in [-0.4, -0.2) is 11.5 Å². The van der Waals surface area contributed by atoms with Crippen LogP contribution in [0.2, 0.25) is 0 Å². The highest BCUT2D eigenvalue weighted by Gasteiger charge is 2.14. The number of hydrogen-bond donors (Lipinski definition) is 1. The first-order chi connectivity index (χ1) is 10.3. The molecule has 3 heteroatoms. The van der Waals surface area contributed by atoms with E-state index >= 15 is 0 Å². The number of nitrogens with zero attached hydrogens (tertiary/aromatic N) is 1. The second-order valence-electron chi connectivity index (χ2n) is 5.00. The Labute approximate surface area is 123 Å². The number of nitrogens with one attached hydrogen (secondary N) is 1. The summed E-state index contributed by atoms with van der Waals surface area (Å²) >= 11 is 0. The smallest absolute Gasteiger partial charge is 0.123 e. The van der Waals surface area contributed by atoms with Crippen LogP contribution in [0.15, 0.2) is 60.8 Å². The summed E-state index contributed by atoms with van der Waals surface area (Å²) in [6, 6.07) is 16.9. The maximum Gasteiger partial charge on any atom is 0.123 e. The minimum atomic E-state index is -0.214. The predicted octanol–water partition coefficient (Wildman–Crippen LogP) is 4.07. The Kier molecular flexibility index (Phi) is 3.93. The number of hydrogen-bond acceptors (Lipinski definition) is 2. The molecule has 3 rings (SSSR count). The highest BCUT2D eigenvalue weighted by atomic mass is 19.1. The Hall–Kier alpha value is -2.26. The van der Waals surface area contributed by atoms with Gasteiger partial charge in [-0.15, -0.1) is 0 Å². The van der Waals surface area contributed by atoms with Crippen molar-refractivity contribution in [2.45, 2.75) is 13.0 Å². The molecule has 0 aliphatic rings. The van der Waals surface area contributed by atoms with Gasteiger partial charge in [0.1, 0.15) is 5.82 Å². The van der Waals surface area contributed by atoms with Gasteiger partial charge in [0.15, 0.2) is 0 Å². The van der Waals surface area contributed by atoms with Crippen LogP contribution in [0.3, 0.4) is 0 Å². The standard InChI is InChI=1S/C18H17FN2/c1-2-20-18(14-5-3-7-16(19)11-14)15-9-8-13-6-4-10-21-17(13)12-15/h3-12,18,20H,2H2,1H3. The SMILES string of the molecule is CCNC(c1cccc(F)c1)c1ccc2cccnc2c1. The molecule has 0 aliphatic heterocycles. The highest BCUT2D eigenvalue weighted by molar-refractivity contribution is 5.79. The molecule has 0 saturated heterocycles. The zero-order valence-electron chi connectivity index (χ0n) is 11.9. The fourth-order valence-corrected chi connectivity index (χ4v) is 2.58. The van der Waals surface area contributed by atoms with E-state index in [-0.39, 0.29) is 11.9 Å². The van der Waals surface area contributed by atoms with Gasteiger partial charge in [0.2, 0.25) is 0 Å². The summed E-state index contributed by atoms with van der Waals surface area (Å²) in [5.41, 5.74) is 2.97. The largest absolute Gasteiger partial charge is 0.307 e. The lowest BCUT2D eigenvalue weighted by Crippen LogP contribution is -2.22. The molecule has 1 heterocycles. The Morgan fingerprint density at radius 1 is 1.05 bits per heavy atom. The molecular weight excluding hydrogens is 263 g/mol. The highest BCUT2D eigenvalue weighted by Crippen LogP contribution is 2.25. The molecule has 0 fully saturated rings. The van der Waals surface area contributed by atoms with Crippen LogP contribution in [0.5, 0.6) is 0 Å². The average Bonchev–Trinajstić information content (AvgIpc) is 2.52.